The average Bonchev–Trinajstić information content (AvgIpc) is 3.30. The highest BCUT2D eigenvalue weighted by Gasteiger charge is 2.30. The normalized spacial score (nSPS) is 11.8. The lowest BCUT2D eigenvalue weighted by molar-refractivity contribution is -0.137. The van der Waals surface area contributed by atoms with Gasteiger partial charge in [-0.05, 0) is 23.8 Å². The fraction of sp³-hybridized carbons (Fsp3) is 0.100. The van der Waals surface area contributed by atoms with Crippen LogP contribution in [0.4, 0.5) is 27.6 Å². The number of oxazole rings is 1. The van der Waals surface area contributed by atoms with Crippen LogP contribution in [0, 0.1) is 11.6 Å². The van der Waals surface area contributed by atoms with Gasteiger partial charge < -0.3 is 14.7 Å². The smallest absolute Gasteiger partial charge is 0.416 e. The lowest BCUT2D eigenvalue weighted by atomic mass is 10.1. The molecule has 4 aromatic rings. The zero-order valence-electron chi connectivity index (χ0n) is 15.0. The molecular weight excluding hydrogens is 409 g/mol. The topological polar surface area (TPSA) is 70.9 Å². The van der Waals surface area contributed by atoms with E-state index >= 15 is 0 Å². The molecule has 2 aromatic carbocycles. The highest BCUT2D eigenvalue weighted by Crippen LogP contribution is 2.29. The third-order valence-corrected chi connectivity index (χ3v) is 4.38. The number of hydrogen-bond acceptors (Lipinski definition) is 3. The minimum atomic E-state index is -4.42. The summed E-state index contributed by atoms with van der Waals surface area (Å²) in [5, 5.41) is 2.75. The highest BCUT2D eigenvalue weighted by molar-refractivity contribution is 6.06. The van der Waals surface area contributed by atoms with Crippen molar-refractivity contribution in [2.75, 3.05) is 5.32 Å². The second-order valence-corrected chi connectivity index (χ2v) is 6.47. The largest absolute Gasteiger partial charge is 0.437 e. The molecule has 1 amide bonds. The van der Waals surface area contributed by atoms with Crippen molar-refractivity contribution in [2.45, 2.75) is 12.6 Å². The van der Waals surface area contributed by atoms with Crippen LogP contribution in [0.1, 0.15) is 27.6 Å². The number of nitrogens with one attached hydrogen (secondary N) is 2. The van der Waals surface area contributed by atoms with Crippen molar-refractivity contribution in [2.24, 2.45) is 0 Å². The average molecular weight is 421 g/mol. The van der Waals surface area contributed by atoms with Gasteiger partial charge in [0.05, 0.1) is 23.0 Å². The summed E-state index contributed by atoms with van der Waals surface area (Å²) in [6, 6.07) is 6.45. The molecule has 5 nitrogen and oxygen atoms in total. The summed E-state index contributed by atoms with van der Waals surface area (Å²) < 4.78 is 70.0. The molecule has 0 aliphatic carbocycles. The predicted molar refractivity (Wildman–Crippen MR) is 96.9 cm³/mol. The molecule has 30 heavy (non-hydrogen) atoms. The summed E-state index contributed by atoms with van der Waals surface area (Å²) in [6.45, 7) is 0. The summed E-state index contributed by atoms with van der Waals surface area (Å²) in [7, 11) is 0. The third kappa shape index (κ3) is 3.88. The van der Waals surface area contributed by atoms with Crippen LogP contribution in [0.25, 0.3) is 10.9 Å². The maximum Gasteiger partial charge on any atom is 0.416 e. The SMILES string of the molecule is O=C(Nc1c[nH]c2cc(F)c(F)cc12)c1ncc(Cc2ccc(C(F)(F)F)cc2)o1. The Balaban J connectivity index is 1.47. The fourth-order valence-electron chi connectivity index (χ4n) is 2.90. The molecule has 4 rings (SSSR count). The number of amides is 1. The number of anilines is 1. The summed E-state index contributed by atoms with van der Waals surface area (Å²) in [5.74, 6) is -2.82. The Morgan fingerprint density at radius 1 is 1.10 bits per heavy atom. The van der Waals surface area contributed by atoms with Crippen molar-refractivity contribution in [1.29, 1.82) is 0 Å². The molecule has 0 unspecified atom stereocenters. The van der Waals surface area contributed by atoms with E-state index in [1.54, 1.807) is 0 Å². The quantitative estimate of drug-likeness (QED) is 0.440. The molecule has 0 bridgehead atoms. The molecule has 0 aliphatic heterocycles. The van der Waals surface area contributed by atoms with Crippen LogP contribution in [0.5, 0.6) is 0 Å². The van der Waals surface area contributed by atoms with Crippen LogP contribution < -0.4 is 5.32 Å². The van der Waals surface area contributed by atoms with Gasteiger partial charge in [0.2, 0.25) is 0 Å². The molecular formula is C20H12F5N3O2. The van der Waals surface area contributed by atoms with E-state index in [0.29, 0.717) is 11.1 Å². The van der Waals surface area contributed by atoms with Crippen molar-refractivity contribution in [1.82, 2.24) is 9.97 Å². The summed E-state index contributed by atoms with van der Waals surface area (Å²) in [5.41, 5.74) is 0.273. The van der Waals surface area contributed by atoms with Crippen molar-refractivity contribution in [3.05, 3.63) is 83.2 Å². The van der Waals surface area contributed by atoms with E-state index in [0.717, 1.165) is 24.3 Å². The minimum absolute atomic E-state index is 0.135. The first kappa shape index (κ1) is 19.6. The summed E-state index contributed by atoms with van der Waals surface area (Å²) in [4.78, 5) is 18.9. The van der Waals surface area contributed by atoms with E-state index in [9.17, 15) is 26.7 Å². The fourth-order valence-corrected chi connectivity index (χ4v) is 2.90. The van der Waals surface area contributed by atoms with Crippen molar-refractivity contribution < 1.29 is 31.2 Å². The first-order valence-electron chi connectivity index (χ1n) is 8.59. The maximum atomic E-state index is 13.5. The Labute approximate surface area is 165 Å². The molecule has 2 aromatic heterocycles. The second-order valence-electron chi connectivity index (χ2n) is 6.47. The van der Waals surface area contributed by atoms with Crippen molar-refractivity contribution in [3.8, 4) is 0 Å². The monoisotopic (exact) mass is 421 g/mol. The molecule has 154 valence electrons. The molecule has 0 aliphatic rings. The van der Waals surface area contributed by atoms with Crippen molar-refractivity contribution in [3.63, 3.8) is 0 Å². The maximum absolute atomic E-state index is 13.5. The molecule has 0 radical (unpaired) electrons. The van der Waals surface area contributed by atoms with Crippen LogP contribution in [0.15, 0.2) is 53.2 Å². The molecule has 2 N–H and O–H groups in total. The number of hydrogen-bond donors (Lipinski definition) is 2. The van der Waals surface area contributed by atoms with E-state index in [4.69, 9.17) is 4.42 Å². The van der Waals surface area contributed by atoms with Crippen LogP contribution in [-0.2, 0) is 12.6 Å². The summed E-state index contributed by atoms with van der Waals surface area (Å²) >= 11 is 0. The van der Waals surface area contributed by atoms with Crippen LogP contribution in [0.2, 0.25) is 0 Å². The van der Waals surface area contributed by atoms with Crippen LogP contribution >= 0.6 is 0 Å². The molecule has 0 fully saturated rings. The Morgan fingerprint density at radius 3 is 2.50 bits per heavy atom. The number of rotatable bonds is 4. The van der Waals surface area contributed by atoms with E-state index in [-0.39, 0.29) is 29.1 Å². The number of H-pyrrole nitrogens is 1. The minimum Gasteiger partial charge on any atom is -0.437 e. The van der Waals surface area contributed by atoms with E-state index in [2.05, 4.69) is 15.3 Å². The number of nitrogens with zero attached hydrogens (tertiary/aromatic N) is 1. The highest BCUT2D eigenvalue weighted by atomic mass is 19.4. The van der Waals surface area contributed by atoms with Crippen LogP contribution in [-0.4, -0.2) is 15.9 Å². The second kappa shape index (κ2) is 7.29. The standard InChI is InChI=1S/C20H12F5N3O2/c21-14-6-13-16(7-15(14)22)26-9-17(13)28-18(29)19-27-8-12(30-19)5-10-1-3-11(4-2-10)20(23,24)25/h1-4,6-9,26H,5H2,(H,28,29). The number of halogens is 5. The number of fused-ring (bicyclic) bond motifs is 1. The summed E-state index contributed by atoms with van der Waals surface area (Å²) in [6.07, 6.45) is -1.63. The molecule has 0 saturated heterocycles. The zero-order chi connectivity index (χ0) is 21.5. The molecule has 0 atom stereocenters. The van der Waals surface area contributed by atoms with E-state index in [1.807, 2.05) is 0 Å². The van der Waals surface area contributed by atoms with Gasteiger partial charge in [-0.15, -0.1) is 0 Å². The Hall–Kier alpha value is -3.69. The Bertz CT molecular complexity index is 1230. The number of carbonyl (C=O) groups excluding carboxylic acids is 1. The number of carbonyl (C=O) groups is 1. The van der Waals surface area contributed by atoms with Gasteiger partial charge in [0, 0.05) is 24.1 Å². The predicted octanol–water partition coefficient (Wildman–Crippen LogP) is 5.30. The number of aromatic amines is 1. The Morgan fingerprint density at radius 2 is 1.80 bits per heavy atom. The van der Waals surface area contributed by atoms with Crippen LogP contribution in [0.3, 0.4) is 0 Å². The lowest BCUT2D eigenvalue weighted by Crippen LogP contribution is -2.11. The van der Waals surface area contributed by atoms with Crippen molar-refractivity contribution >= 4 is 22.5 Å². The zero-order valence-corrected chi connectivity index (χ0v) is 15.0. The van der Waals surface area contributed by atoms with Gasteiger partial charge in [-0.2, -0.15) is 13.2 Å². The molecule has 0 spiro atoms. The molecule has 0 saturated carbocycles. The van der Waals surface area contributed by atoms with E-state index in [1.165, 1.54) is 24.5 Å². The number of aromatic nitrogens is 2. The van der Waals surface area contributed by atoms with E-state index < -0.39 is 29.3 Å². The first-order chi connectivity index (χ1) is 14.2. The number of benzene rings is 2. The lowest BCUT2D eigenvalue weighted by Gasteiger charge is -2.06. The van der Waals surface area contributed by atoms with Gasteiger partial charge in [0.15, 0.2) is 11.6 Å². The van der Waals surface area contributed by atoms with Gasteiger partial charge in [-0.3, -0.25) is 4.79 Å². The van der Waals surface area contributed by atoms with Gasteiger partial charge >= 0.3 is 12.1 Å². The molecule has 10 heteroatoms. The van der Waals surface area contributed by atoms with Gasteiger partial charge in [-0.1, -0.05) is 12.1 Å². The van der Waals surface area contributed by atoms with Gasteiger partial charge in [-0.25, -0.2) is 13.8 Å². The first-order valence-corrected chi connectivity index (χ1v) is 8.59. The third-order valence-electron chi connectivity index (χ3n) is 4.38. The molecule has 2 heterocycles. The van der Waals surface area contributed by atoms with Gasteiger partial charge in [0.1, 0.15) is 5.76 Å². The van der Waals surface area contributed by atoms with Gasteiger partial charge in [0.25, 0.3) is 5.89 Å². The Kier molecular flexibility index (Phi) is 4.76. The number of alkyl halides is 3.